The molecule has 0 radical (unpaired) electrons. The number of para-hydroxylation sites is 2. The van der Waals surface area contributed by atoms with Crippen LogP contribution in [0.25, 0.3) is 16.3 Å². The minimum atomic E-state index is -1.56. The van der Waals surface area contributed by atoms with E-state index in [2.05, 4.69) is 52.9 Å². The van der Waals surface area contributed by atoms with Gasteiger partial charge in [0.2, 0.25) is 11.4 Å². The molecule has 1 aromatic heterocycles. The fourth-order valence-electron chi connectivity index (χ4n) is 5.42. The zero-order chi connectivity index (χ0) is 28.3. The lowest BCUT2D eigenvalue weighted by Gasteiger charge is -2.32. The van der Waals surface area contributed by atoms with Crippen molar-refractivity contribution in [1.82, 2.24) is 5.32 Å². The molecule has 1 aliphatic carbocycles. The van der Waals surface area contributed by atoms with Crippen molar-refractivity contribution >= 4 is 57.0 Å². The molecule has 40 heavy (non-hydrogen) atoms. The Bertz CT molecular complexity index is 1580. The quantitative estimate of drug-likeness (QED) is 0.237. The number of hydrogen-bond acceptors (Lipinski definition) is 5. The maximum atomic E-state index is 13.3. The van der Waals surface area contributed by atoms with Crippen molar-refractivity contribution in [1.29, 1.82) is 0 Å². The number of aliphatic carboxylic acids is 1. The first kappa shape index (κ1) is 27.9. The number of aromatic nitrogens is 1. The van der Waals surface area contributed by atoms with Crippen LogP contribution in [0.2, 0.25) is 0 Å². The van der Waals surface area contributed by atoms with E-state index in [9.17, 15) is 14.7 Å². The molecule has 1 aliphatic heterocycles. The van der Waals surface area contributed by atoms with E-state index in [4.69, 9.17) is 0 Å². The second-order valence-corrected chi connectivity index (χ2v) is 12.0. The summed E-state index contributed by atoms with van der Waals surface area (Å²) in [5, 5.41) is 15.3. The number of thioether (sulfide) groups is 1. The van der Waals surface area contributed by atoms with Gasteiger partial charge in [-0.3, -0.25) is 9.59 Å². The lowest BCUT2D eigenvalue weighted by atomic mass is 9.71. The summed E-state index contributed by atoms with van der Waals surface area (Å²) in [5.41, 5.74) is 2.43. The largest absolute Gasteiger partial charge is 0.480 e. The number of hydrogen-bond donors (Lipinski definition) is 2. The summed E-state index contributed by atoms with van der Waals surface area (Å²) in [7, 11) is 0. The van der Waals surface area contributed by atoms with Crippen molar-refractivity contribution in [2.75, 3.05) is 18.0 Å². The van der Waals surface area contributed by atoms with E-state index in [-0.39, 0.29) is 12.8 Å². The number of nitrogens with one attached hydrogen (secondary N) is 1. The van der Waals surface area contributed by atoms with Crippen LogP contribution in [0.15, 0.2) is 93.9 Å². The Morgan fingerprint density at radius 3 is 2.58 bits per heavy atom. The second-order valence-electron chi connectivity index (χ2n) is 9.87. The molecule has 0 saturated heterocycles. The van der Waals surface area contributed by atoms with E-state index < -0.39 is 17.3 Å². The van der Waals surface area contributed by atoms with Crippen molar-refractivity contribution in [3.05, 3.63) is 94.0 Å². The van der Waals surface area contributed by atoms with E-state index in [0.29, 0.717) is 6.54 Å². The molecule has 1 amide bonds. The topological polar surface area (TPSA) is 73.5 Å². The number of carbonyl (C=O) groups is 2. The van der Waals surface area contributed by atoms with Crippen LogP contribution in [0.3, 0.4) is 0 Å². The molecule has 5 rings (SSSR count). The molecule has 6 nitrogen and oxygen atoms in total. The summed E-state index contributed by atoms with van der Waals surface area (Å²) in [6.07, 6.45) is 10.4. The number of rotatable bonds is 8. The molecule has 2 aromatic carbocycles. The van der Waals surface area contributed by atoms with Gasteiger partial charge in [-0.05, 0) is 69.0 Å². The smallest absolute Gasteiger partial charge is 0.319 e. The van der Waals surface area contributed by atoms with E-state index in [1.54, 1.807) is 23.1 Å². The number of anilines is 1. The van der Waals surface area contributed by atoms with Crippen molar-refractivity contribution in [3.63, 3.8) is 0 Å². The SMILES string of the molecule is CCNC(=O)C1(C(=O)O)CC(=CC=C2Sc3ccccc3N2CC)C=C(C=Cc2sc3ccccc3[n+]2CC)C1. The highest BCUT2D eigenvalue weighted by Gasteiger charge is 2.48. The van der Waals surface area contributed by atoms with Gasteiger partial charge in [-0.2, -0.15) is 4.57 Å². The molecule has 206 valence electrons. The minimum Gasteiger partial charge on any atom is -0.480 e. The number of allylic oxidation sites excluding steroid dienone is 6. The molecule has 1 unspecified atom stereocenters. The first-order valence-corrected chi connectivity index (χ1v) is 15.3. The normalized spacial score (nSPS) is 20.9. The highest BCUT2D eigenvalue weighted by molar-refractivity contribution is 8.03. The van der Waals surface area contributed by atoms with Gasteiger partial charge >= 0.3 is 5.97 Å². The summed E-state index contributed by atoms with van der Waals surface area (Å²) in [6, 6.07) is 16.6. The number of amides is 1. The average molecular weight is 573 g/mol. The number of aryl methyl sites for hydroxylation is 1. The number of benzene rings is 2. The van der Waals surface area contributed by atoms with E-state index >= 15 is 0 Å². The van der Waals surface area contributed by atoms with Crippen molar-refractivity contribution in [2.24, 2.45) is 5.41 Å². The molecule has 2 heterocycles. The fourth-order valence-corrected chi connectivity index (χ4v) is 7.67. The Hall–Kier alpha value is -3.62. The Kier molecular flexibility index (Phi) is 8.28. The third-order valence-electron chi connectivity index (χ3n) is 7.35. The van der Waals surface area contributed by atoms with E-state index in [1.807, 2.05) is 61.6 Å². The van der Waals surface area contributed by atoms with Crippen LogP contribution in [-0.2, 0) is 16.1 Å². The predicted octanol–water partition coefficient (Wildman–Crippen LogP) is 6.55. The third kappa shape index (κ3) is 5.25. The lowest BCUT2D eigenvalue weighted by Crippen LogP contribution is -2.48. The zero-order valence-corrected chi connectivity index (χ0v) is 24.6. The maximum Gasteiger partial charge on any atom is 0.319 e. The zero-order valence-electron chi connectivity index (χ0n) is 23.0. The van der Waals surface area contributed by atoms with Crippen molar-refractivity contribution in [3.8, 4) is 0 Å². The van der Waals surface area contributed by atoms with Gasteiger partial charge in [-0.25, -0.2) is 0 Å². The first-order chi connectivity index (χ1) is 19.4. The maximum absolute atomic E-state index is 13.3. The number of nitrogens with zero attached hydrogens (tertiary/aromatic N) is 2. The molecule has 0 spiro atoms. The molecule has 0 fully saturated rings. The fraction of sp³-hybridized carbons (Fsp3) is 0.281. The van der Waals surface area contributed by atoms with Gasteiger partial charge in [0, 0.05) is 30.1 Å². The van der Waals surface area contributed by atoms with Gasteiger partial charge in [0.05, 0.1) is 10.7 Å². The highest BCUT2D eigenvalue weighted by atomic mass is 32.2. The van der Waals surface area contributed by atoms with Gasteiger partial charge < -0.3 is 15.3 Å². The molecule has 3 aromatic rings. The van der Waals surface area contributed by atoms with Crippen LogP contribution in [-0.4, -0.2) is 30.1 Å². The van der Waals surface area contributed by atoms with Crippen LogP contribution in [0.1, 0.15) is 38.6 Å². The monoisotopic (exact) mass is 572 g/mol. The molecule has 1 atom stereocenters. The van der Waals surface area contributed by atoms with Crippen LogP contribution in [0, 0.1) is 5.41 Å². The van der Waals surface area contributed by atoms with Crippen LogP contribution in [0.5, 0.6) is 0 Å². The summed E-state index contributed by atoms with van der Waals surface area (Å²) in [5.74, 6) is -1.54. The Morgan fingerprint density at radius 2 is 1.82 bits per heavy atom. The molecule has 0 bridgehead atoms. The number of carboxylic acids is 1. The third-order valence-corrected chi connectivity index (χ3v) is 9.61. The van der Waals surface area contributed by atoms with Crippen LogP contribution >= 0.6 is 23.1 Å². The van der Waals surface area contributed by atoms with Gasteiger partial charge in [-0.15, -0.1) is 0 Å². The Morgan fingerprint density at radius 1 is 1.05 bits per heavy atom. The summed E-state index contributed by atoms with van der Waals surface area (Å²) >= 11 is 3.41. The highest BCUT2D eigenvalue weighted by Crippen LogP contribution is 2.46. The molecule has 2 aliphatic rings. The lowest BCUT2D eigenvalue weighted by molar-refractivity contribution is -0.665. The average Bonchev–Trinajstić information content (AvgIpc) is 3.51. The van der Waals surface area contributed by atoms with Crippen LogP contribution in [0.4, 0.5) is 5.69 Å². The summed E-state index contributed by atoms with van der Waals surface area (Å²) < 4.78 is 3.45. The predicted molar refractivity (Wildman–Crippen MR) is 164 cm³/mol. The summed E-state index contributed by atoms with van der Waals surface area (Å²) in [4.78, 5) is 29.4. The van der Waals surface area contributed by atoms with E-state index in [1.165, 1.54) is 20.8 Å². The molecular weight excluding hydrogens is 539 g/mol. The Labute approximate surface area is 243 Å². The molecule has 2 N–H and O–H groups in total. The van der Waals surface area contributed by atoms with Gasteiger partial charge in [0.1, 0.15) is 11.2 Å². The number of thiazole rings is 1. The Balaban J connectivity index is 1.54. The van der Waals surface area contributed by atoms with Gasteiger partial charge in [0.25, 0.3) is 5.01 Å². The van der Waals surface area contributed by atoms with Crippen molar-refractivity contribution in [2.45, 2.75) is 45.1 Å². The van der Waals surface area contributed by atoms with E-state index in [0.717, 1.165) is 34.3 Å². The standard InChI is InChI=1S/C32H33N3O3S2/c1-4-33-30(36)32(31(37)38)20-22(15-17-28-34(5-2)24-11-7-9-13-26(24)39-28)19-23(21-32)16-18-29-35(6-3)25-12-8-10-14-27(25)40-29/h7-19H,4-6,20-21H2,1-3H3,(H-,33,36,37,38)/p+1. The molecular formula is C32H34N3O3S2+. The van der Waals surface area contributed by atoms with Crippen LogP contribution < -0.4 is 14.8 Å². The second kappa shape index (κ2) is 11.9. The minimum absolute atomic E-state index is 0.136. The van der Waals surface area contributed by atoms with Crippen molar-refractivity contribution < 1.29 is 19.3 Å². The van der Waals surface area contributed by atoms with Gasteiger partial charge in [0.15, 0.2) is 5.41 Å². The number of fused-ring (bicyclic) bond motifs is 2. The number of carbonyl (C=O) groups excluding carboxylic acids is 1. The summed E-state index contributed by atoms with van der Waals surface area (Å²) in [6.45, 7) is 8.08. The number of carboxylic acid groups (broad SMARTS) is 1. The molecule has 0 saturated carbocycles. The van der Waals surface area contributed by atoms with Gasteiger partial charge in [-0.1, -0.05) is 65.6 Å². The first-order valence-electron chi connectivity index (χ1n) is 13.7. The molecule has 8 heteroatoms.